The Morgan fingerprint density at radius 3 is 2.58 bits per heavy atom. The second kappa shape index (κ2) is 6.56. The van der Waals surface area contributed by atoms with Crippen LogP contribution in [-0.2, 0) is 0 Å². The molecule has 3 atom stereocenters. The van der Waals surface area contributed by atoms with Gasteiger partial charge in [0.1, 0.15) is 5.69 Å². The molecule has 0 spiro atoms. The van der Waals surface area contributed by atoms with Crippen LogP contribution in [-0.4, -0.2) is 39.5 Å². The predicted molar refractivity (Wildman–Crippen MR) is 97.3 cm³/mol. The smallest absolute Gasteiger partial charge is 0.337 e. The number of carboxylic acids is 1. The molecule has 2 heterocycles. The van der Waals surface area contributed by atoms with Crippen LogP contribution in [0.2, 0.25) is 0 Å². The van der Waals surface area contributed by atoms with Crippen molar-refractivity contribution in [2.24, 2.45) is 5.92 Å². The second-order valence-corrected chi connectivity index (χ2v) is 7.27. The third-order valence-electron chi connectivity index (χ3n) is 5.87. The first-order valence-corrected chi connectivity index (χ1v) is 9.13. The van der Waals surface area contributed by atoms with Crippen molar-refractivity contribution in [3.8, 4) is 0 Å². The number of aryl methyl sites for hydroxylation is 1. The van der Waals surface area contributed by atoms with Crippen LogP contribution in [0.4, 0.5) is 0 Å². The molecule has 1 amide bonds. The quantitative estimate of drug-likeness (QED) is 0.920. The molecule has 0 radical (unpaired) electrons. The number of carboxylic acid groups (broad SMARTS) is 1. The molecule has 5 heteroatoms. The van der Waals surface area contributed by atoms with Crippen LogP contribution in [0.5, 0.6) is 0 Å². The SMILES string of the molecule is Cc1nc(C(=O)N2CC(c3ccccc3)C3CCCC32)ccc1C(=O)O. The van der Waals surface area contributed by atoms with Crippen molar-refractivity contribution in [3.05, 3.63) is 65.0 Å². The molecule has 134 valence electrons. The summed E-state index contributed by atoms with van der Waals surface area (Å²) in [7, 11) is 0. The van der Waals surface area contributed by atoms with Gasteiger partial charge in [-0.1, -0.05) is 36.8 Å². The Kier molecular flexibility index (Phi) is 4.23. The molecule has 1 aromatic carbocycles. The van der Waals surface area contributed by atoms with Crippen molar-refractivity contribution in [3.63, 3.8) is 0 Å². The van der Waals surface area contributed by atoms with E-state index in [0.29, 0.717) is 29.8 Å². The van der Waals surface area contributed by atoms with Gasteiger partial charge in [0.2, 0.25) is 0 Å². The minimum Gasteiger partial charge on any atom is -0.478 e. The maximum absolute atomic E-state index is 13.1. The molecule has 2 aliphatic rings. The van der Waals surface area contributed by atoms with Crippen LogP contribution < -0.4 is 0 Å². The van der Waals surface area contributed by atoms with Crippen molar-refractivity contribution >= 4 is 11.9 Å². The van der Waals surface area contributed by atoms with E-state index in [1.807, 2.05) is 11.0 Å². The normalized spacial score (nSPS) is 24.5. The van der Waals surface area contributed by atoms with E-state index in [4.69, 9.17) is 5.11 Å². The summed E-state index contributed by atoms with van der Waals surface area (Å²) in [5, 5.41) is 9.16. The van der Waals surface area contributed by atoms with Gasteiger partial charge in [-0.25, -0.2) is 9.78 Å². The molecular formula is C21H22N2O3. The maximum Gasteiger partial charge on any atom is 0.337 e. The molecule has 1 aliphatic carbocycles. The van der Waals surface area contributed by atoms with Crippen molar-refractivity contribution < 1.29 is 14.7 Å². The minimum atomic E-state index is -1.02. The molecule has 1 N–H and O–H groups in total. The number of nitrogens with zero attached hydrogens (tertiary/aromatic N) is 2. The number of fused-ring (bicyclic) bond motifs is 1. The van der Waals surface area contributed by atoms with Gasteiger partial charge in [-0.2, -0.15) is 0 Å². The fourth-order valence-corrected chi connectivity index (χ4v) is 4.65. The number of likely N-dealkylation sites (tertiary alicyclic amines) is 1. The average Bonchev–Trinajstić information content (AvgIpc) is 3.24. The largest absolute Gasteiger partial charge is 0.478 e. The predicted octanol–water partition coefficient (Wildman–Crippen LogP) is 3.50. The summed E-state index contributed by atoms with van der Waals surface area (Å²) in [5.74, 6) is -0.233. The van der Waals surface area contributed by atoms with Crippen molar-refractivity contribution in [2.45, 2.75) is 38.1 Å². The average molecular weight is 350 g/mol. The molecule has 0 bridgehead atoms. The highest BCUT2D eigenvalue weighted by atomic mass is 16.4. The highest BCUT2D eigenvalue weighted by Crippen LogP contribution is 2.46. The minimum absolute atomic E-state index is 0.0830. The van der Waals surface area contributed by atoms with E-state index < -0.39 is 5.97 Å². The van der Waals surface area contributed by atoms with Gasteiger partial charge in [0, 0.05) is 18.5 Å². The number of aromatic carboxylic acids is 1. The van der Waals surface area contributed by atoms with E-state index in [-0.39, 0.29) is 17.5 Å². The van der Waals surface area contributed by atoms with Gasteiger partial charge in [-0.15, -0.1) is 0 Å². The summed E-state index contributed by atoms with van der Waals surface area (Å²) in [6, 6.07) is 13.7. The Morgan fingerprint density at radius 2 is 1.88 bits per heavy atom. The van der Waals surface area contributed by atoms with Crippen molar-refractivity contribution in [2.75, 3.05) is 6.54 Å². The molecule has 5 nitrogen and oxygen atoms in total. The molecule has 1 saturated carbocycles. The maximum atomic E-state index is 13.1. The second-order valence-electron chi connectivity index (χ2n) is 7.27. The first-order valence-electron chi connectivity index (χ1n) is 9.13. The summed E-state index contributed by atoms with van der Waals surface area (Å²) in [6.45, 7) is 2.34. The summed E-state index contributed by atoms with van der Waals surface area (Å²) in [5.41, 5.74) is 2.16. The zero-order valence-electron chi connectivity index (χ0n) is 14.8. The molecule has 1 saturated heterocycles. The molecule has 2 fully saturated rings. The Labute approximate surface area is 152 Å². The van der Waals surface area contributed by atoms with Crippen LogP contribution in [0.15, 0.2) is 42.5 Å². The molecular weight excluding hydrogens is 328 g/mol. The third-order valence-corrected chi connectivity index (χ3v) is 5.87. The van der Waals surface area contributed by atoms with E-state index in [9.17, 15) is 9.59 Å². The lowest BCUT2D eigenvalue weighted by Gasteiger charge is -2.23. The number of benzene rings is 1. The van der Waals surface area contributed by atoms with Gasteiger partial charge >= 0.3 is 5.97 Å². The van der Waals surface area contributed by atoms with Gasteiger partial charge in [0.05, 0.1) is 11.3 Å². The molecule has 4 rings (SSSR count). The number of hydrogen-bond donors (Lipinski definition) is 1. The molecule has 3 unspecified atom stereocenters. The zero-order chi connectivity index (χ0) is 18.3. The third kappa shape index (κ3) is 2.77. The number of aromatic nitrogens is 1. The molecule has 2 aromatic rings. The lowest BCUT2D eigenvalue weighted by atomic mass is 9.87. The molecule has 1 aliphatic heterocycles. The highest BCUT2D eigenvalue weighted by molar-refractivity contribution is 5.95. The lowest BCUT2D eigenvalue weighted by Crippen LogP contribution is -2.36. The lowest BCUT2D eigenvalue weighted by molar-refractivity contribution is 0.0688. The fraction of sp³-hybridized carbons (Fsp3) is 0.381. The fourth-order valence-electron chi connectivity index (χ4n) is 4.65. The summed E-state index contributed by atoms with van der Waals surface area (Å²) >= 11 is 0. The number of carbonyl (C=O) groups excluding carboxylic acids is 1. The number of pyridine rings is 1. The van der Waals surface area contributed by atoms with E-state index in [0.717, 1.165) is 19.3 Å². The number of carbonyl (C=O) groups is 2. The van der Waals surface area contributed by atoms with E-state index in [1.165, 1.54) is 11.6 Å². The first kappa shape index (κ1) is 16.8. The monoisotopic (exact) mass is 350 g/mol. The zero-order valence-corrected chi connectivity index (χ0v) is 14.8. The van der Waals surface area contributed by atoms with Crippen LogP contribution in [0.1, 0.15) is 57.3 Å². The van der Waals surface area contributed by atoms with Crippen molar-refractivity contribution in [1.29, 1.82) is 0 Å². The summed E-state index contributed by atoms with van der Waals surface area (Å²) < 4.78 is 0. The van der Waals surface area contributed by atoms with Crippen LogP contribution in [0.25, 0.3) is 0 Å². The van der Waals surface area contributed by atoms with Crippen molar-refractivity contribution in [1.82, 2.24) is 9.88 Å². The summed E-state index contributed by atoms with van der Waals surface area (Å²) in [6.07, 6.45) is 3.33. The Bertz CT molecular complexity index is 850. The number of amides is 1. The van der Waals surface area contributed by atoms with Gasteiger partial charge in [0.25, 0.3) is 5.91 Å². The van der Waals surface area contributed by atoms with E-state index >= 15 is 0 Å². The Balaban J connectivity index is 1.62. The van der Waals surface area contributed by atoms with Gasteiger partial charge < -0.3 is 10.0 Å². The van der Waals surface area contributed by atoms with Gasteiger partial charge in [0.15, 0.2) is 0 Å². The van der Waals surface area contributed by atoms with Crippen LogP contribution in [0.3, 0.4) is 0 Å². The van der Waals surface area contributed by atoms with E-state index in [2.05, 4.69) is 29.2 Å². The topological polar surface area (TPSA) is 70.5 Å². The van der Waals surface area contributed by atoms with Crippen LogP contribution >= 0.6 is 0 Å². The van der Waals surface area contributed by atoms with Gasteiger partial charge in [-0.05, 0) is 43.4 Å². The Hall–Kier alpha value is -2.69. The van der Waals surface area contributed by atoms with Crippen LogP contribution in [0, 0.1) is 12.8 Å². The molecule has 1 aromatic heterocycles. The van der Waals surface area contributed by atoms with E-state index in [1.54, 1.807) is 13.0 Å². The molecule has 26 heavy (non-hydrogen) atoms. The summed E-state index contributed by atoms with van der Waals surface area (Å²) in [4.78, 5) is 30.5. The number of hydrogen-bond acceptors (Lipinski definition) is 3. The first-order chi connectivity index (χ1) is 12.6. The Morgan fingerprint density at radius 1 is 1.12 bits per heavy atom. The number of rotatable bonds is 3. The standard InChI is InChI=1S/C21H22N2O3/c1-13-15(21(25)26)10-11-18(22-13)20(24)23-12-17(14-6-3-2-4-7-14)16-8-5-9-19(16)23/h2-4,6-7,10-11,16-17,19H,5,8-9,12H2,1H3,(H,25,26). The van der Waals surface area contributed by atoms with Gasteiger partial charge in [-0.3, -0.25) is 4.79 Å². The highest BCUT2D eigenvalue weighted by Gasteiger charge is 2.46.